The molecule has 1 aromatic rings. The van der Waals surface area contributed by atoms with Crippen LogP contribution in [0.25, 0.3) is 0 Å². The van der Waals surface area contributed by atoms with Gasteiger partial charge in [-0.3, -0.25) is 20.1 Å². The first kappa shape index (κ1) is 18.9. The molecular formula is C16H20F3N5O. The molecule has 136 valence electrons. The minimum atomic E-state index is -4.19. The summed E-state index contributed by atoms with van der Waals surface area (Å²) >= 11 is 0. The fraction of sp³-hybridized carbons (Fsp3) is 0.438. The molecule has 0 spiro atoms. The molecule has 3 N–H and O–H groups in total. The summed E-state index contributed by atoms with van der Waals surface area (Å²) in [5.41, 5.74) is 1.15. The first-order valence-corrected chi connectivity index (χ1v) is 7.85. The number of carbonyl (C=O) groups excluding carboxylic acids is 1. The Morgan fingerprint density at radius 2 is 2.16 bits per heavy atom. The van der Waals surface area contributed by atoms with Crippen molar-refractivity contribution >= 4 is 12.1 Å². The number of rotatable bonds is 7. The Balaban J connectivity index is 1.95. The Hall–Kier alpha value is -2.42. The number of aromatic nitrogens is 1. The van der Waals surface area contributed by atoms with Crippen LogP contribution in [0.5, 0.6) is 0 Å². The fourth-order valence-corrected chi connectivity index (χ4v) is 2.14. The van der Waals surface area contributed by atoms with E-state index in [1.54, 1.807) is 31.5 Å². The number of aliphatic imine (C=N–C) groups is 1. The van der Waals surface area contributed by atoms with Gasteiger partial charge in [-0.05, 0) is 18.1 Å². The Morgan fingerprint density at radius 1 is 1.36 bits per heavy atom. The normalized spacial score (nSPS) is 19.5. The number of amides is 1. The van der Waals surface area contributed by atoms with Crippen LogP contribution in [0.1, 0.15) is 31.0 Å². The second kappa shape index (κ2) is 8.11. The zero-order valence-corrected chi connectivity index (χ0v) is 13.7. The first-order chi connectivity index (χ1) is 11.8. The Bertz CT molecular complexity index is 642. The van der Waals surface area contributed by atoms with Gasteiger partial charge in [-0.2, -0.15) is 13.2 Å². The number of hydrogen-bond acceptors (Lipinski definition) is 5. The van der Waals surface area contributed by atoms with E-state index < -0.39 is 18.4 Å². The van der Waals surface area contributed by atoms with Crippen LogP contribution in [-0.2, 0) is 17.8 Å². The molecule has 0 saturated carbocycles. The summed E-state index contributed by atoms with van der Waals surface area (Å²) in [4.78, 5) is 19.8. The van der Waals surface area contributed by atoms with Crippen molar-refractivity contribution in [2.75, 3.05) is 0 Å². The van der Waals surface area contributed by atoms with Gasteiger partial charge in [0.2, 0.25) is 11.7 Å². The number of halogens is 3. The maximum atomic E-state index is 12.2. The number of nitrogens with zero attached hydrogens (tertiary/aromatic N) is 2. The molecule has 0 aromatic carbocycles. The summed E-state index contributed by atoms with van der Waals surface area (Å²) in [6.45, 7) is 2.08. The molecule has 0 bridgehead atoms. The van der Waals surface area contributed by atoms with Gasteiger partial charge in [0.1, 0.15) is 0 Å². The van der Waals surface area contributed by atoms with Gasteiger partial charge in [0.15, 0.2) is 0 Å². The first-order valence-electron chi connectivity index (χ1n) is 7.85. The van der Waals surface area contributed by atoms with E-state index in [2.05, 4.69) is 25.9 Å². The van der Waals surface area contributed by atoms with Gasteiger partial charge in [0.05, 0.1) is 6.21 Å². The molecule has 2 rings (SSSR count). The van der Waals surface area contributed by atoms with Gasteiger partial charge in [0, 0.05) is 43.7 Å². The molecule has 2 heterocycles. The van der Waals surface area contributed by atoms with E-state index in [0.717, 1.165) is 5.56 Å². The molecule has 1 aliphatic rings. The van der Waals surface area contributed by atoms with Crippen molar-refractivity contribution in [3.8, 4) is 0 Å². The van der Waals surface area contributed by atoms with Crippen molar-refractivity contribution in [3.63, 3.8) is 0 Å². The van der Waals surface area contributed by atoms with Crippen LogP contribution in [0, 0.1) is 0 Å². The highest BCUT2D eigenvalue weighted by atomic mass is 19.4. The highest BCUT2D eigenvalue weighted by Crippen LogP contribution is 2.21. The van der Waals surface area contributed by atoms with E-state index >= 15 is 0 Å². The molecule has 0 aliphatic carbocycles. The van der Waals surface area contributed by atoms with E-state index in [-0.39, 0.29) is 12.3 Å². The van der Waals surface area contributed by atoms with Crippen LogP contribution in [0.15, 0.2) is 35.7 Å². The number of alkyl halides is 3. The summed E-state index contributed by atoms with van der Waals surface area (Å²) in [5, 5.41) is 8.92. The van der Waals surface area contributed by atoms with Crippen molar-refractivity contribution < 1.29 is 18.0 Å². The van der Waals surface area contributed by atoms with Crippen LogP contribution in [0.2, 0.25) is 0 Å². The lowest BCUT2D eigenvalue weighted by Crippen LogP contribution is -2.68. The Morgan fingerprint density at radius 3 is 2.72 bits per heavy atom. The van der Waals surface area contributed by atoms with Crippen LogP contribution in [0.3, 0.4) is 0 Å². The number of nitrogens with one attached hydrogen (secondary N) is 3. The Kier molecular flexibility index (Phi) is 6.13. The maximum Gasteiger partial charge on any atom is 0.389 e. The summed E-state index contributed by atoms with van der Waals surface area (Å²) < 4.78 is 36.7. The topological polar surface area (TPSA) is 78.4 Å². The molecule has 1 amide bonds. The number of carbonyl (C=O) groups is 1. The molecule has 1 atom stereocenters. The molecule has 6 nitrogen and oxygen atoms in total. The van der Waals surface area contributed by atoms with Crippen molar-refractivity contribution in [2.45, 2.75) is 44.7 Å². The van der Waals surface area contributed by atoms with Crippen molar-refractivity contribution in [1.82, 2.24) is 20.9 Å². The van der Waals surface area contributed by atoms with E-state index in [1.165, 1.54) is 12.4 Å². The number of pyridine rings is 1. The minimum Gasteiger partial charge on any atom is -0.351 e. The average molecular weight is 355 g/mol. The zero-order chi connectivity index (χ0) is 18.3. The highest BCUT2D eigenvalue weighted by molar-refractivity contribution is 5.83. The molecule has 1 aliphatic heterocycles. The molecule has 1 aromatic heterocycles. The SMILES string of the molecule is CCC(=O)NC1(NCc2ccc(CCC(F)(F)F)nc2)C=NC=CN1. The predicted molar refractivity (Wildman–Crippen MR) is 87.4 cm³/mol. The molecule has 9 heteroatoms. The third-order valence-electron chi connectivity index (χ3n) is 3.52. The number of hydrogen-bond donors (Lipinski definition) is 3. The van der Waals surface area contributed by atoms with Crippen LogP contribution < -0.4 is 16.0 Å². The van der Waals surface area contributed by atoms with Crippen LogP contribution in [0.4, 0.5) is 13.2 Å². The van der Waals surface area contributed by atoms with Crippen molar-refractivity contribution in [1.29, 1.82) is 0 Å². The van der Waals surface area contributed by atoms with E-state index in [0.29, 0.717) is 18.7 Å². The summed E-state index contributed by atoms with van der Waals surface area (Å²) in [6, 6.07) is 3.28. The standard InChI is InChI=1S/C16H20F3N5O/c1-2-14(25)24-16(11-20-7-8-22-16)23-10-12-3-4-13(21-9-12)5-6-15(17,18)19/h3-4,7-9,11,22-23H,2,5-6,10H2,1H3,(H,24,25). The second-order valence-electron chi connectivity index (χ2n) is 5.57. The molecule has 25 heavy (non-hydrogen) atoms. The lowest BCUT2D eigenvalue weighted by atomic mass is 10.2. The largest absolute Gasteiger partial charge is 0.389 e. The van der Waals surface area contributed by atoms with E-state index in [4.69, 9.17) is 0 Å². The monoisotopic (exact) mass is 355 g/mol. The van der Waals surface area contributed by atoms with Crippen molar-refractivity contribution in [2.24, 2.45) is 4.99 Å². The Labute approximate surface area is 143 Å². The van der Waals surface area contributed by atoms with Crippen LogP contribution >= 0.6 is 0 Å². The summed E-state index contributed by atoms with van der Waals surface area (Å²) in [6.07, 6.45) is 1.29. The molecular weight excluding hydrogens is 335 g/mol. The highest BCUT2D eigenvalue weighted by Gasteiger charge is 2.29. The van der Waals surface area contributed by atoms with Gasteiger partial charge in [-0.25, -0.2) is 0 Å². The van der Waals surface area contributed by atoms with Crippen molar-refractivity contribution in [3.05, 3.63) is 42.0 Å². The minimum absolute atomic E-state index is 0.146. The molecule has 0 saturated heterocycles. The average Bonchev–Trinajstić information content (AvgIpc) is 2.59. The van der Waals surface area contributed by atoms with Gasteiger partial charge in [-0.1, -0.05) is 13.0 Å². The maximum absolute atomic E-state index is 12.2. The lowest BCUT2D eigenvalue weighted by Gasteiger charge is -2.33. The third kappa shape index (κ3) is 6.18. The summed E-state index contributed by atoms with van der Waals surface area (Å²) in [7, 11) is 0. The molecule has 0 fully saturated rings. The smallest absolute Gasteiger partial charge is 0.351 e. The molecule has 0 radical (unpaired) electrons. The fourth-order valence-electron chi connectivity index (χ4n) is 2.14. The van der Waals surface area contributed by atoms with Gasteiger partial charge in [-0.15, -0.1) is 0 Å². The van der Waals surface area contributed by atoms with Gasteiger partial charge in [0.25, 0.3) is 0 Å². The zero-order valence-electron chi connectivity index (χ0n) is 13.7. The van der Waals surface area contributed by atoms with Crippen LogP contribution in [-0.4, -0.2) is 29.1 Å². The molecule has 1 unspecified atom stereocenters. The van der Waals surface area contributed by atoms with E-state index in [1.807, 2.05) is 0 Å². The predicted octanol–water partition coefficient (Wildman–Crippen LogP) is 1.99. The third-order valence-corrected chi connectivity index (χ3v) is 3.52. The summed E-state index contributed by atoms with van der Waals surface area (Å²) in [5.74, 6) is -1.18. The second-order valence-corrected chi connectivity index (χ2v) is 5.57. The van der Waals surface area contributed by atoms with E-state index in [9.17, 15) is 18.0 Å². The lowest BCUT2D eigenvalue weighted by molar-refractivity contribution is -0.134. The quantitative estimate of drug-likeness (QED) is 0.654. The van der Waals surface area contributed by atoms with Gasteiger partial charge < -0.3 is 10.6 Å². The number of aryl methyl sites for hydroxylation is 1. The van der Waals surface area contributed by atoms with Gasteiger partial charge >= 0.3 is 6.18 Å².